The van der Waals surface area contributed by atoms with Gasteiger partial charge in [-0.3, -0.25) is 24.1 Å². The van der Waals surface area contributed by atoms with Gasteiger partial charge in [0.1, 0.15) is 0 Å². The number of hydrogen-bond acceptors (Lipinski definition) is 4. The van der Waals surface area contributed by atoms with Gasteiger partial charge in [-0.05, 0) is 43.9 Å². The van der Waals surface area contributed by atoms with E-state index >= 15 is 0 Å². The highest BCUT2D eigenvalue weighted by Gasteiger charge is 2.43. The molecule has 7 nitrogen and oxygen atoms in total. The lowest BCUT2D eigenvalue weighted by Gasteiger charge is -2.32. The summed E-state index contributed by atoms with van der Waals surface area (Å²) in [5.74, 6) is -3.05. The number of imide groups is 1. The van der Waals surface area contributed by atoms with Crippen molar-refractivity contribution in [1.29, 1.82) is 0 Å². The minimum atomic E-state index is -4.91. The molecular weight excluding hydrogens is 427 g/mol. The Balaban J connectivity index is 1.40. The number of alkyl halides is 3. The second-order valence-electron chi connectivity index (χ2n) is 8.57. The number of nitrogens with one attached hydrogen (secondary N) is 1. The van der Waals surface area contributed by atoms with Crippen molar-refractivity contribution in [3.05, 3.63) is 34.9 Å². The van der Waals surface area contributed by atoms with Crippen LogP contribution in [0.3, 0.4) is 0 Å². The Morgan fingerprint density at radius 1 is 0.906 bits per heavy atom. The molecule has 4 amide bonds. The Hall–Kier alpha value is -2.91. The Bertz CT molecular complexity index is 948. The van der Waals surface area contributed by atoms with Crippen LogP contribution < -0.4 is 5.32 Å². The van der Waals surface area contributed by atoms with Gasteiger partial charge in [0.15, 0.2) is 0 Å². The minimum Gasteiger partial charge on any atom is -0.349 e. The lowest BCUT2D eigenvalue weighted by molar-refractivity contribution is -0.186. The summed E-state index contributed by atoms with van der Waals surface area (Å²) in [7, 11) is 0. The fourth-order valence-electron chi connectivity index (χ4n) is 4.75. The van der Waals surface area contributed by atoms with Crippen molar-refractivity contribution in [2.24, 2.45) is 0 Å². The summed E-state index contributed by atoms with van der Waals surface area (Å²) in [6.07, 6.45) is 0.0982. The number of halogens is 3. The molecule has 32 heavy (non-hydrogen) atoms. The highest BCUT2D eigenvalue weighted by molar-refractivity contribution is 6.22. The third-order valence-corrected chi connectivity index (χ3v) is 6.48. The van der Waals surface area contributed by atoms with Crippen LogP contribution in [0.2, 0.25) is 0 Å². The smallest absolute Gasteiger partial charge is 0.349 e. The van der Waals surface area contributed by atoms with Gasteiger partial charge in [0.2, 0.25) is 0 Å². The van der Waals surface area contributed by atoms with Crippen molar-refractivity contribution in [1.82, 2.24) is 15.1 Å². The van der Waals surface area contributed by atoms with Gasteiger partial charge in [0.25, 0.3) is 17.7 Å². The number of nitrogens with zero attached hydrogens (tertiary/aromatic N) is 2. The van der Waals surface area contributed by atoms with Gasteiger partial charge in [0.05, 0.1) is 11.1 Å². The molecule has 0 aromatic heterocycles. The SMILES string of the molecule is O=C(NC1CCN(C(=O)C(F)(F)F)CC1)c1ccc2c(c1)C(=O)N(C1CCCCC1)C2=O. The van der Waals surface area contributed by atoms with E-state index in [-0.39, 0.29) is 66.5 Å². The normalized spacial score (nSPS) is 20.5. The van der Waals surface area contributed by atoms with Crippen LogP contribution in [-0.4, -0.2) is 64.8 Å². The van der Waals surface area contributed by atoms with Crippen molar-refractivity contribution in [2.75, 3.05) is 13.1 Å². The maximum Gasteiger partial charge on any atom is 0.471 e. The molecule has 0 atom stereocenters. The van der Waals surface area contributed by atoms with Crippen LogP contribution in [0.1, 0.15) is 76.0 Å². The van der Waals surface area contributed by atoms with Crippen LogP contribution in [0.4, 0.5) is 13.2 Å². The Labute approximate surface area is 182 Å². The van der Waals surface area contributed by atoms with E-state index < -0.39 is 18.0 Å². The molecule has 0 spiro atoms. The van der Waals surface area contributed by atoms with Crippen LogP contribution in [0.25, 0.3) is 0 Å². The summed E-state index contributed by atoms with van der Waals surface area (Å²) in [6.45, 7) is -0.201. The summed E-state index contributed by atoms with van der Waals surface area (Å²) >= 11 is 0. The van der Waals surface area contributed by atoms with Crippen LogP contribution in [0, 0.1) is 0 Å². The monoisotopic (exact) mass is 451 g/mol. The van der Waals surface area contributed by atoms with E-state index in [0.29, 0.717) is 0 Å². The first kappa shape index (κ1) is 22.3. The van der Waals surface area contributed by atoms with Gasteiger partial charge < -0.3 is 10.2 Å². The first-order chi connectivity index (χ1) is 15.2. The second-order valence-corrected chi connectivity index (χ2v) is 8.57. The van der Waals surface area contributed by atoms with Gasteiger partial charge in [-0.25, -0.2) is 0 Å². The zero-order valence-corrected chi connectivity index (χ0v) is 17.4. The quantitative estimate of drug-likeness (QED) is 0.716. The maximum atomic E-state index is 12.9. The van der Waals surface area contributed by atoms with Crippen LogP contribution >= 0.6 is 0 Å². The molecule has 1 aliphatic carbocycles. The van der Waals surface area contributed by atoms with Crippen LogP contribution in [0.5, 0.6) is 0 Å². The van der Waals surface area contributed by atoms with Gasteiger partial charge in [0, 0.05) is 30.7 Å². The molecule has 1 aromatic rings. The number of likely N-dealkylation sites (tertiary alicyclic amines) is 1. The number of fused-ring (bicyclic) bond motifs is 1. The van der Waals surface area contributed by atoms with Crippen LogP contribution in [0.15, 0.2) is 18.2 Å². The van der Waals surface area contributed by atoms with E-state index in [4.69, 9.17) is 0 Å². The number of piperidine rings is 1. The van der Waals surface area contributed by atoms with Crippen molar-refractivity contribution in [3.63, 3.8) is 0 Å². The number of carbonyl (C=O) groups is 4. The molecule has 1 saturated carbocycles. The van der Waals surface area contributed by atoms with E-state index in [1.807, 2.05) is 0 Å². The third kappa shape index (κ3) is 4.22. The van der Waals surface area contributed by atoms with Gasteiger partial charge >= 0.3 is 12.1 Å². The first-order valence-corrected chi connectivity index (χ1v) is 10.9. The largest absolute Gasteiger partial charge is 0.471 e. The summed E-state index contributed by atoms with van der Waals surface area (Å²) in [5, 5.41) is 2.76. The topological polar surface area (TPSA) is 86.8 Å². The molecule has 10 heteroatoms. The summed E-state index contributed by atoms with van der Waals surface area (Å²) < 4.78 is 37.7. The Morgan fingerprint density at radius 3 is 2.16 bits per heavy atom. The number of rotatable bonds is 3. The molecule has 172 valence electrons. The third-order valence-electron chi connectivity index (χ3n) is 6.48. The first-order valence-electron chi connectivity index (χ1n) is 10.9. The number of hydrogen-bond donors (Lipinski definition) is 1. The Morgan fingerprint density at radius 2 is 1.53 bits per heavy atom. The van der Waals surface area contributed by atoms with Crippen LogP contribution in [-0.2, 0) is 4.79 Å². The lowest BCUT2D eigenvalue weighted by Crippen LogP contribution is -2.50. The van der Waals surface area contributed by atoms with Crippen molar-refractivity contribution in [2.45, 2.75) is 63.2 Å². The summed E-state index contributed by atoms with van der Waals surface area (Å²) in [6, 6.07) is 3.88. The summed E-state index contributed by atoms with van der Waals surface area (Å²) in [5.41, 5.74) is 0.708. The molecule has 0 unspecified atom stereocenters. The van der Waals surface area contributed by atoms with Gasteiger partial charge in [-0.2, -0.15) is 13.2 Å². The van der Waals surface area contributed by atoms with Crippen molar-refractivity contribution >= 4 is 23.6 Å². The molecule has 1 aromatic carbocycles. The molecule has 2 heterocycles. The second kappa shape index (κ2) is 8.55. The highest BCUT2D eigenvalue weighted by atomic mass is 19.4. The zero-order chi connectivity index (χ0) is 23.0. The predicted octanol–water partition coefficient (Wildman–Crippen LogP) is 2.90. The minimum absolute atomic E-state index is 0.100. The predicted molar refractivity (Wildman–Crippen MR) is 107 cm³/mol. The van der Waals surface area contributed by atoms with E-state index in [0.717, 1.165) is 37.0 Å². The lowest BCUT2D eigenvalue weighted by atomic mass is 9.94. The van der Waals surface area contributed by atoms with E-state index in [1.54, 1.807) is 0 Å². The molecule has 2 aliphatic heterocycles. The van der Waals surface area contributed by atoms with Gasteiger partial charge in [-0.15, -0.1) is 0 Å². The summed E-state index contributed by atoms with van der Waals surface area (Å²) in [4.78, 5) is 51.7. The molecule has 1 N–H and O–H groups in total. The van der Waals surface area contributed by atoms with Gasteiger partial charge in [-0.1, -0.05) is 19.3 Å². The average molecular weight is 451 g/mol. The molecule has 2 fully saturated rings. The van der Waals surface area contributed by atoms with E-state index in [2.05, 4.69) is 5.32 Å². The van der Waals surface area contributed by atoms with E-state index in [9.17, 15) is 32.3 Å². The molecular formula is C22H24F3N3O4. The Kier molecular flexibility index (Phi) is 5.96. The maximum absolute atomic E-state index is 12.9. The van der Waals surface area contributed by atoms with Crippen molar-refractivity contribution < 1.29 is 32.3 Å². The number of amides is 4. The molecule has 0 radical (unpaired) electrons. The van der Waals surface area contributed by atoms with E-state index in [1.165, 1.54) is 23.1 Å². The van der Waals surface area contributed by atoms with Crippen molar-refractivity contribution in [3.8, 4) is 0 Å². The molecule has 3 aliphatic rings. The molecule has 0 bridgehead atoms. The molecule has 1 saturated heterocycles. The fraction of sp³-hybridized carbons (Fsp3) is 0.545. The number of carbonyl (C=O) groups excluding carboxylic acids is 4. The standard InChI is InChI=1S/C22H24F3N3O4/c23-22(24,25)21(32)27-10-8-14(9-11-27)26-18(29)13-6-7-16-17(12-13)20(31)28(19(16)30)15-4-2-1-3-5-15/h6-7,12,14-15H,1-5,8-11H2,(H,26,29). The molecule has 4 rings (SSSR count). The zero-order valence-electron chi connectivity index (χ0n) is 17.4. The number of benzene rings is 1. The highest BCUT2D eigenvalue weighted by Crippen LogP contribution is 2.31. The fourth-order valence-corrected chi connectivity index (χ4v) is 4.75. The average Bonchev–Trinajstić information content (AvgIpc) is 3.03.